The van der Waals surface area contributed by atoms with Crippen molar-refractivity contribution in [2.24, 2.45) is 11.8 Å². The third-order valence-corrected chi connectivity index (χ3v) is 4.93. The molecule has 0 spiro atoms. The van der Waals surface area contributed by atoms with E-state index in [4.69, 9.17) is 23.2 Å². The summed E-state index contributed by atoms with van der Waals surface area (Å²) in [7, 11) is 0. The maximum Gasteiger partial charge on any atom is 0.142 e. The minimum absolute atomic E-state index is 0.0650. The van der Waals surface area contributed by atoms with Gasteiger partial charge in [-0.15, -0.1) is 0 Å². The van der Waals surface area contributed by atoms with Crippen LogP contribution in [0.2, 0.25) is 10.0 Å². The minimum atomic E-state index is -0.420. The zero-order chi connectivity index (χ0) is 13.6. The van der Waals surface area contributed by atoms with Crippen molar-refractivity contribution in [3.63, 3.8) is 0 Å². The summed E-state index contributed by atoms with van der Waals surface area (Å²) in [6.07, 6.45) is 1.65. The fourth-order valence-corrected chi connectivity index (χ4v) is 3.86. The van der Waals surface area contributed by atoms with Crippen LogP contribution < -0.4 is 0 Å². The molecule has 104 valence electrons. The lowest BCUT2D eigenvalue weighted by molar-refractivity contribution is 0.161. The van der Waals surface area contributed by atoms with Gasteiger partial charge in [0.2, 0.25) is 0 Å². The van der Waals surface area contributed by atoms with Crippen molar-refractivity contribution < 1.29 is 9.50 Å². The lowest BCUT2D eigenvalue weighted by atomic mass is 10.0. The molecule has 1 aliphatic carbocycles. The van der Waals surface area contributed by atoms with Gasteiger partial charge in [0.25, 0.3) is 0 Å². The molecule has 2 aliphatic rings. The zero-order valence-corrected chi connectivity index (χ0v) is 12.0. The highest BCUT2D eigenvalue weighted by atomic mass is 35.5. The first-order valence-corrected chi connectivity index (χ1v) is 7.32. The number of fused-ring (bicyclic) bond motifs is 1. The van der Waals surface area contributed by atoms with E-state index in [1.807, 2.05) is 0 Å². The summed E-state index contributed by atoms with van der Waals surface area (Å²) in [6, 6.07) is 2.89. The average Bonchev–Trinajstić information content (AvgIpc) is 2.82. The highest BCUT2D eigenvalue weighted by Crippen LogP contribution is 2.39. The van der Waals surface area contributed by atoms with Crippen LogP contribution in [-0.2, 0) is 6.54 Å². The Kier molecular flexibility index (Phi) is 3.73. The van der Waals surface area contributed by atoms with Gasteiger partial charge < -0.3 is 5.11 Å². The molecule has 0 radical (unpaired) electrons. The summed E-state index contributed by atoms with van der Waals surface area (Å²) >= 11 is 11.8. The molecule has 3 atom stereocenters. The van der Waals surface area contributed by atoms with Crippen molar-refractivity contribution in [2.45, 2.75) is 25.5 Å². The summed E-state index contributed by atoms with van der Waals surface area (Å²) in [5, 5.41) is 10.2. The fourth-order valence-electron chi connectivity index (χ4n) is 3.42. The Morgan fingerprint density at radius 1 is 1.16 bits per heavy atom. The predicted octanol–water partition coefficient (Wildman–Crippen LogP) is 3.34. The highest BCUT2D eigenvalue weighted by molar-refractivity contribution is 6.35. The molecule has 1 aromatic rings. The van der Waals surface area contributed by atoms with Gasteiger partial charge in [-0.25, -0.2) is 4.39 Å². The molecule has 1 saturated heterocycles. The van der Waals surface area contributed by atoms with Gasteiger partial charge >= 0.3 is 0 Å². The lowest BCUT2D eigenvalue weighted by Gasteiger charge is -2.18. The second-order valence-corrected chi connectivity index (χ2v) is 6.51. The number of hydrogen-bond acceptors (Lipinski definition) is 2. The molecule has 2 nitrogen and oxygen atoms in total. The van der Waals surface area contributed by atoms with Gasteiger partial charge in [-0.2, -0.15) is 0 Å². The van der Waals surface area contributed by atoms with E-state index in [0.29, 0.717) is 23.4 Å². The van der Waals surface area contributed by atoms with E-state index < -0.39 is 5.82 Å². The SMILES string of the molecule is OC1C[C@@H]2CN(Cc3cc(F)c(Cl)cc3Cl)C[C@@H]2C1. The smallest absolute Gasteiger partial charge is 0.142 e. The number of aliphatic hydroxyl groups is 1. The number of hydrogen-bond donors (Lipinski definition) is 1. The molecule has 1 saturated carbocycles. The highest BCUT2D eigenvalue weighted by Gasteiger charge is 2.40. The van der Waals surface area contributed by atoms with E-state index in [2.05, 4.69) is 4.90 Å². The molecule has 2 fully saturated rings. The van der Waals surface area contributed by atoms with Gasteiger partial charge in [-0.1, -0.05) is 23.2 Å². The summed E-state index contributed by atoms with van der Waals surface area (Å²) in [5.41, 5.74) is 0.782. The predicted molar refractivity (Wildman–Crippen MR) is 73.9 cm³/mol. The number of aliphatic hydroxyl groups excluding tert-OH is 1. The summed E-state index contributed by atoms with van der Waals surface area (Å²) < 4.78 is 13.5. The molecule has 5 heteroatoms. The average molecular weight is 304 g/mol. The first-order chi connectivity index (χ1) is 9.02. The third-order valence-electron chi connectivity index (χ3n) is 4.29. The molecule has 1 aromatic carbocycles. The monoisotopic (exact) mass is 303 g/mol. The van der Waals surface area contributed by atoms with Crippen molar-refractivity contribution in [1.82, 2.24) is 4.90 Å². The zero-order valence-electron chi connectivity index (χ0n) is 10.5. The Hall–Kier alpha value is -0.350. The van der Waals surface area contributed by atoms with Crippen molar-refractivity contribution in [1.29, 1.82) is 0 Å². The second kappa shape index (κ2) is 5.21. The van der Waals surface area contributed by atoms with Gasteiger partial charge in [0.05, 0.1) is 11.1 Å². The number of halogens is 3. The third kappa shape index (κ3) is 2.75. The Labute approximate surface area is 122 Å². The van der Waals surface area contributed by atoms with E-state index >= 15 is 0 Å². The van der Waals surface area contributed by atoms with Gasteiger partial charge in [0, 0.05) is 24.7 Å². The Morgan fingerprint density at radius 3 is 2.42 bits per heavy atom. The maximum atomic E-state index is 13.5. The Morgan fingerprint density at radius 2 is 1.79 bits per heavy atom. The van der Waals surface area contributed by atoms with E-state index in [0.717, 1.165) is 31.5 Å². The molecule has 3 rings (SSSR count). The standard InChI is InChI=1S/C14H16Cl2FNO/c15-12-4-13(16)14(17)3-10(12)7-18-5-8-1-11(19)2-9(8)6-18/h3-4,8-9,11,19H,1-2,5-7H2/t8-,9+,11?. The topological polar surface area (TPSA) is 23.5 Å². The molecule has 0 amide bonds. The quantitative estimate of drug-likeness (QED) is 0.847. The number of benzene rings is 1. The summed E-state index contributed by atoms with van der Waals surface area (Å²) in [6.45, 7) is 2.57. The lowest BCUT2D eigenvalue weighted by Crippen LogP contribution is -2.22. The van der Waals surface area contributed by atoms with Crippen molar-refractivity contribution in [2.75, 3.05) is 13.1 Å². The molecular weight excluding hydrogens is 288 g/mol. The molecule has 0 aromatic heterocycles. The van der Waals surface area contributed by atoms with Gasteiger partial charge in [0.15, 0.2) is 0 Å². The molecular formula is C14H16Cl2FNO. The first kappa shape index (κ1) is 13.6. The molecule has 1 aliphatic heterocycles. The maximum absolute atomic E-state index is 13.5. The molecule has 19 heavy (non-hydrogen) atoms. The van der Waals surface area contributed by atoms with Crippen molar-refractivity contribution in [3.8, 4) is 0 Å². The van der Waals surface area contributed by atoms with Crippen LogP contribution in [-0.4, -0.2) is 29.2 Å². The summed E-state index contributed by atoms with van der Waals surface area (Å²) in [4.78, 5) is 2.29. The molecule has 1 N–H and O–H groups in total. The Balaban J connectivity index is 1.69. The Bertz CT molecular complexity index is 483. The van der Waals surface area contributed by atoms with E-state index in [1.54, 1.807) is 0 Å². The van der Waals surface area contributed by atoms with Gasteiger partial charge in [0.1, 0.15) is 5.82 Å². The van der Waals surface area contributed by atoms with Crippen LogP contribution in [0.25, 0.3) is 0 Å². The number of nitrogens with zero attached hydrogens (tertiary/aromatic N) is 1. The van der Waals surface area contributed by atoms with E-state index in [1.165, 1.54) is 12.1 Å². The van der Waals surface area contributed by atoms with Crippen LogP contribution in [0.15, 0.2) is 12.1 Å². The first-order valence-electron chi connectivity index (χ1n) is 6.56. The summed E-state index contributed by atoms with van der Waals surface area (Å²) in [5.74, 6) is 0.729. The van der Waals surface area contributed by atoms with Crippen molar-refractivity contribution >= 4 is 23.2 Å². The molecule has 0 bridgehead atoms. The molecule has 1 heterocycles. The van der Waals surface area contributed by atoms with Crippen molar-refractivity contribution in [3.05, 3.63) is 33.6 Å². The number of likely N-dealkylation sites (tertiary alicyclic amines) is 1. The van der Waals surface area contributed by atoms with Crippen LogP contribution in [0.5, 0.6) is 0 Å². The van der Waals surface area contributed by atoms with Crippen LogP contribution in [0, 0.1) is 17.7 Å². The van der Waals surface area contributed by atoms with Gasteiger partial charge in [-0.05, 0) is 42.4 Å². The van der Waals surface area contributed by atoms with E-state index in [9.17, 15) is 9.50 Å². The van der Waals surface area contributed by atoms with Crippen LogP contribution in [0.3, 0.4) is 0 Å². The minimum Gasteiger partial charge on any atom is -0.393 e. The van der Waals surface area contributed by atoms with Crippen LogP contribution in [0.1, 0.15) is 18.4 Å². The largest absolute Gasteiger partial charge is 0.393 e. The fraction of sp³-hybridized carbons (Fsp3) is 0.571. The normalized spacial score (nSPS) is 30.8. The number of rotatable bonds is 2. The van der Waals surface area contributed by atoms with Gasteiger partial charge in [-0.3, -0.25) is 4.90 Å². The van der Waals surface area contributed by atoms with E-state index in [-0.39, 0.29) is 11.1 Å². The molecule has 1 unspecified atom stereocenters. The van der Waals surface area contributed by atoms with Crippen LogP contribution >= 0.6 is 23.2 Å². The second-order valence-electron chi connectivity index (χ2n) is 5.70. The van der Waals surface area contributed by atoms with Crippen LogP contribution in [0.4, 0.5) is 4.39 Å².